The van der Waals surface area contributed by atoms with Crippen molar-refractivity contribution in [3.8, 4) is 0 Å². The average molecular weight is 309 g/mol. The summed E-state index contributed by atoms with van der Waals surface area (Å²) in [5, 5.41) is -0.180. The second kappa shape index (κ2) is 6.19. The van der Waals surface area contributed by atoms with Crippen molar-refractivity contribution in [1.82, 2.24) is 9.71 Å². The van der Waals surface area contributed by atoms with Gasteiger partial charge in [0.15, 0.2) is 5.03 Å². The Morgan fingerprint density at radius 1 is 1.33 bits per heavy atom. The van der Waals surface area contributed by atoms with Crippen LogP contribution < -0.4 is 10.5 Å². The highest BCUT2D eigenvalue weighted by Crippen LogP contribution is 2.14. The van der Waals surface area contributed by atoms with Crippen LogP contribution in [-0.4, -0.2) is 19.9 Å². The lowest BCUT2D eigenvalue weighted by Gasteiger charge is -2.09. The predicted octanol–water partition coefficient (Wildman–Crippen LogP) is 1.63. The van der Waals surface area contributed by atoms with Gasteiger partial charge >= 0.3 is 0 Å². The van der Waals surface area contributed by atoms with E-state index in [0.717, 1.165) is 11.1 Å². The minimum absolute atomic E-state index is 0.1000. The maximum atomic E-state index is 13.0. The van der Waals surface area contributed by atoms with Crippen molar-refractivity contribution < 1.29 is 12.8 Å². The summed E-state index contributed by atoms with van der Waals surface area (Å²) in [6.07, 6.45) is 1.83. The predicted molar refractivity (Wildman–Crippen MR) is 78.7 cm³/mol. The molecule has 112 valence electrons. The fraction of sp³-hybridized carbons (Fsp3) is 0.214. The van der Waals surface area contributed by atoms with Crippen LogP contribution in [0.25, 0.3) is 0 Å². The van der Waals surface area contributed by atoms with Crippen LogP contribution in [0, 0.1) is 12.7 Å². The van der Waals surface area contributed by atoms with Crippen molar-refractivity contribution in [3.05, 3.63) is 53.5 Å². The van der Waals surface area contributed by atoms with Crippen LogP contribution in [0.3, 0.4) is 0 Å². The van der Waals surface area contributed by atoms with Crippen molar-refractivity contribution in [3.63, 3.8) is 0 Å². The third kappa shape index (κ3) is 3.77. The Hall–Kier alpha value is -1.99. The summed E-state index contributed by atoms with van der Waals surface area (Å²) >= 11 is 0. The Kier molecular flexibility index (Phi) is 4.54. The van der Waals surface area contributed by atoms with Gasteiger partial charge in [-0.25, -0.2) is 22.5 Å². The maximum Gasteiger partial charge on any atom is 0.260 e. The molecule has 0 saturated carbocycles. The Bertz CT molecular complexity index is 748. The molecule has 0 aliphatic rings. The quantitative estimate of drug-likeness (QED) is 0.879. The van der Waals surface area contributed by atoms with Gasteiger partial charge in [-0.1, -0.05) is 6.07 Å². The largest absolute Gasteiger partial charge is 0.396 e. The number of nitrogens with zero attached hydrogens (tertiary/aromatic N) is 1. The summed E-state index contributed by atoms with van der Waals surface area (Å²) in [7, 11) is -3.74. The zero-order chi connectivity index (χ0) is 15.5. The van der Waals surface area contributed by atoms with Crippen LogP contribution in [0.15, 0.2) is 41.6 Å². The number of aromatic nitrogens is 1. The molecular formula is C14H16FN3O2S. The minimum atomic E-state index is -3.74. The van der Waals surface area contributed by atoms with Gasteiger partial charge in [-0.15, -0.1) is 0 Å². The molecule has 0 aliphatic heterocycles. The van der Waals surface area contributed by atoms with E-state index in [2.05, 4.69) is 9.71 Å². The molecule has 0 bridgehead atoms. The molecule has 0 aliphatic carbocycles. The van der Waals surface area contributed by atoms with E-state index in [4.69, 9.17) is 5.73 Å². The maximum absolute atomic E-state index is 13.0. The van der Waals surface area contributed by atoms with Gasteiger partial charge in [0.25, 0.3) is 10.0 Å². The van der Waals surface area contributed by atoms with Gasteiger partial charge in [0.05, 0.1) is 5.69 Å². The molecule has 0 spiro atoms. The fourth-order valence-corrected chi connectivity index (χ4v) is 3.04. The SMILES string of the molecule is Cc1cc(F)ccc1CCNS(=O)(=O)c1ncccc1N. The molecule has 0 amide bonds. The highest BCUT2D eigenvalue weighted by atomic mass is 32.2. The molecule has 7 heteroatoms. The molecule has 0 unspecified atom stereocenters. The molecule has 2 aromatic rings. The Morgan fingerprint density at radius 2 is 2.10 bits per heavy atom. The van der Waals surface area contributed by atoms with E-state index < -0.39 is 10.0 Å². The van der Waals surface area contributed by atoms with Gasteiger partial charge in [0.2, 0.25) is 0 Å². The smallest absolute Gasteiger partial charge is 0.260 e. The van der Waals surface area contributed by atoms with E-state index in [-0.39, 0.29) is 23.1 Å². The molecule has 0 atom stereocenters. The summed E-state index contributed by atoms with van der Waals surface area (Å²) in [5.41, 5.74) is 7.37. The first-order chi connectivity index (χ1) is 9.90. The minimum Gasteiger partial charge on any atom is -0.396 e. The van der Waals surface area contributed by atoms with Crippen molar-refractivity contribution >= 4 is 15.7 Å². The standard InChI is InChI=1S/C14H16FN3O2S/c1-10-9-12(15)5-4-11(10)6-8-18-21(19,20)14-13(16)3-2-7-17-14/h2-5,7,9,18H,6,8,16H2,1H3. The van der Waals surface area contributed by atoms with Crippen molar-refractivity contribution in [2.45, 2.75) is 18.4 Å². The van der Waals surface area contributed by atoms with Gasteiger partial charge in [-0.05, 0) is 48.7 Å². The lowest BCUT2D eigenvalue weighted by molar-refractivity contribution is 0.578. The Labute approximate surface area is 123 Å². The molecule has 3 N–H and O–H groups in total. The Morgan fingerprint density at radius 3 is 2.76 bits per heavy atom. The number of benzene rings is 1. The molecule has 1 heterocycles. The van der Waals surface area contributed by atoms with E-state index in [1.54, 1.807) is 19.1 Å². The molecule has 1 aromatic heterocycles. The van der Waals surface area contributed by atoms with Crippen LogP contribution in [0.2, 0.25) is 0 Å². The molecule has 1 aromatic carbocycles. The highest BCUT2D eigenvalue weighted by Gasteiger charge is 2.18. The van der Waals surface area contributed by atoms with Gasteiger partial charge in [-0.2, -0.15) is 0 Å². The molecule has 0 saturated heterocycles. The lowest BCUT2D eigenvalue weighted by atomic mass is 10.1. The third-order valence-corrected chi connectivity index (χ3v) is 4.48. The summed E-state index contributed by atoms with van der Waals surface area (Å²) < 4.78 is 39.6. The summed E-state index contributed by atoms with van der Waals surface area (Å²) in [4.78, 5) is 3.78. The zero-order valence-corrected chi connectivity index (χ0v) is 12.3. The van der Waals surface area contributed by atoms with Crippen molar-refractivity contribution in [1.29, 1.82) is 0 Å². The van der Waals surface area contributed by atoms with Crippen LogP contribution in [0.5, 0.6) is 0 Å². The average Bonchev–Trinajstić information content (AvgIpc) is 2.41. The molecular weight excluding hydrogens is 293 g/mol. The number of pyridine rings is 1. The van der Waals surface area contributed by atoms with Gasteiger partial charge in [0.1, 0.15) is 5.82 Å². The van der Waals surface area contributed by atoms with E-state index in [9.17, 15) is 12.8 Å². The first-order valence-corrected chi connectivity index (χ1v) is 7.83. The number of hydrogen-bond donors (Lipinski definition) is 2. The molecule has 0 fully saturated rings. The van der Waals surface area contributed by atoms with Gasteiger partial charge in [0, 0.05) is 12.7 Å². The summed E-state index contributed by atoms with van der Waals surface area (Å²) in [6.45, 7) is 1.97. The van der Waals surface area contributed by atoms with Crippen molar-refractivity contribution in [2.24, 2.45) is 0 Å². The van der Waals surface area contributed by atoms with E-state index in [0.29, 0.717) is 6.42 Å². The number of sulfonamides is 1. The zero-order valence-electron chi connectivity index (χ0n) is 11.5. The first kappa shape index (κ1) is 15.4. The van der Waals surface area contributed by atoms with Crippen LogP contribution in [0.1, 0.15) is 11.1 Å². The van der Waals surface area contributed by atoms with E-state index in [1.165, 1.54) is 24.4 Å². The van der Waals surface area contributed by atoms with Crippen LogP contribution in [0.4, 0.5) is 10.1 Å². The number of halogens is 1. The van der Waals surface area contributed by atoms with Crippen LogP contribution >= 0.6 is 0 Å². The topological polar surface area (TPSA) is 85.1 Å². The number of rotatable bonds is 5. The number of hydrogen-bond acceptors (Lipinski definition) is 4. The normalized spacial score (nSPS) is 11.5. The monoisotopic (exact) mass is 309 g/mol. The first-order valence-electron chi connectivity index (χ1n) is 6.35. The molecule has 0 radical (unpaired) electrons. The molecule has 5 nitrogen and oxygen atoms in total. The number of nitrogens with one attached hydrogen (secondary N) is 1. The van der Waals surface area contributed by atoms with Gasteiger partial charge < -0.3 is 5.73 Å². The Balaban J connectivity index is 2.04. The number of nitrogens with two attached hydrogens (primary N) is 1. The number of aryl methyl sites for hydroxylation is 1. The molecule has 21 heavy (non-hydrogen) atoms. The van der Waals surface area contributed by atoms with Gasteiger partial charge in [-0.3, -0.25) is 0 Å². The van der Waals surface area contributed by atoms with Crippen molar-refractivity contribution in [2.75, 3.05) is 12.3 Å². The second-order valence-corrected chi connectivity index (χ2v) is 6.30. The second-order valence-electron chi connectivity index (χ2n) is 4.62. The number of anilines is 1. The van der Waals surface area contributed by atoms with E-state index in [1.807, 2.05) is 0 Å². The summed E-state index contributed by atoms with van der Waals surface area (Å²) in [5.74, 6) is -0.307. The highest BCUT2D eigenvalue weighted by molar-refractivity contribution is 7.89. The lowest BCUT2D eigenvalue weighted by Crippen LogP contribution is -2.27. The summed E-state index contributed by atoms with van der Waals surface area (Å²) in [6, 6.07) is 7.46. The van der Waals surface area contributed by atoms with E-state index >= 15 is 0 Å². The third-order valence-electron chi connectivity index (χ3n) is 3.05. The van der Waals surface area contributed by atoms with Crippen LogP contribution in [-0.2, 0) is 16.4 Å². The molecule has 2 rings (SSSR count). The fourth-order valence-electron chi connectivity index (χ4n) is 1.96. The number of nitrogen functional groups attached to an aromatic ring is 1.